The molecule has 6 rings (SSSR count). The van der Waals surface area contributed by atoms with Crippen LogP contribution in [-0.4, -0.2) is 16.1 Å². The first-order valence-electron chi connectivity index (χ1n) is 11.6. The summed E-state index contributed by atoms with van der Waals surface area (Å²) in [5.74, 6) is 0.329. The molecular formula is C28H21N3O4S. The van der Waals surface area contributed by atoms with E-state index in [0.717, 1.165) is 16.1 Å². The molecule has 0 bridgehead atoms. The zero-order valence-electron chi connectivity index (χ0n) is 19.4. The normalized spacial score (nSPS) is 14.9. The van der Waals surface area contributed by atoms with Crippen molar-refractivity contribution in [1.82, 2.24) is 10.2 Å². The van der Waals surface area contributed by atoms with Gasteiger partial charge in [0.2, 0.25) is 10.9 Å². The highest BCUT2D eigenvalue weighted by Crippen LogP contribution is 2.42. The van der Waals surface area contributed by atoms with Crippen molar-refractivity contribution < 1.29 is 13.9 Å². The van der Waals surface area contributed by atoms with E-state index in [2.05, 4.69) is 10.2 Å². The summed E-state index contributed by atoms with van der Waals surface area (Å²) in [6, 6.07) is 23.6. The fraction of sp³-hybridized carbons (Fsp3) is 0.143. The largest absolute Gasteiger partial charge is 0.489 e. The van der Waals surface area contributed by atoms with E-state index < -0.39 is 11.9 Å². The van der Waals surface area contributed by atoms with Gasteiger partial charge in [-0.2, -0.15) is 0 Å². The van der Waals surface area contributed by atoms with Crippen LogP contribution in [-0.2, 0) is 13.0 Å². The van der Waals surface area contributed by atoms with E-state index in [1.807, 2.05) is 61.5 Å². The minimum atomic E-state index is -0.686. The molecule has 5 aromatic rings. The zero-order chi connectivity index (χ0) is 24.6. The van der Waals surface area contributed by atoms with E-state index in [0.29, 0.717) is 40.4 Å². The van der Waals surface area contributed by atoms with Gasteiger partial charge < -0.3 is 9.15 Å². The SMILES string of the molecule is CCc1nnc(N2C(=O)c3oc4ccccc4c(=O)c3C2c2ccc(OCc3ccccc3)cc2)s1. The van der Waals surface area contributed by atoms with Gasteiger partial charge >= 0.3 is 0 Å². The smallest absolute Gasteiger partial charge is 0.297 e. The Balaban J connectivity index is 1.43. The first-order valence-corrected chi connectivity index (χ1v) is 12.4. The summed E-state index contributed by atoms with van der Waals surface area (Å²) in [5, 5.41) is 10.1. The van der Waals surface area contributed by atoms with Crippen molar-refractivity contribution in [2.24, 2.45) is 0 Å². The van der Waals surface area contributed by atoms with Gasteiger partial charge in [0.15, 0.2) is 5.43 Å². The average Bonchev–Trinajstić information content (AvgIpc) is 3.51. The fourth-order valence-corrected chi connectivity index (χ4v) is 5.21. The van der Waals surface area contributed by atoms with Gasteiger partial charge in [-0.05, 0) is 41.8 Å². The third kappa shape index (κ3) is 3.76. The van der Waals surface area contributed by atoms with Crippen molar-refractivity contribution in [3.05, 3.63) is 117 Å². The minimum absolute atomic E-state index is 0.0429. The van der Waals surface area contributed by atoms with Crippen molar-refractivity contribution in [1.29, 1.82) is 0 Å². The second-order valence-corrected chi connectivity index (χ2v) is 9.46. The third-order valence-electron chi connectivity index (χ3n) is 6.19. The number of aryl methyl sites for hydroxylation is 1. The Labute approximate surface area is 210 Å². The minimum Gasteiger partial charge on any atom is -0.489 e. The average molecular weight is 496 g/mol. The summed E-state index contributed by atoms with van der Waals surface area (Å²) < 4.78 is 11.9. The molecule has 0 N–H and O–H groups in total. The monoisotopic (exact) mass is 495 g/mol. The Bertz CT molecular complexity index is 1630. The maximum absolute atomic E-state index is 13.6. The summed E-state index contributed by atoms with van der Waals surface area (Å²) in [6.07, 6.45) is 0.700. The standard InChI is InChI=1S/C28H21N3O4S/c1-2-22-29-30-28(36-22)31-24(18-12-14-19(15-13-18)34-16-17-8-4-3-5-9-17)23-25(32)20-10-6-7-11-21(20)35-26(23)27(31)33/h3-15,24H,2,16H2,1H3. The molecule has 0 saturated heterocycles. The number of rotatable bonds is 6. The van der Waals surface area contributed by atoms with Gasteiger partial charge in [-0.15, -0.1) is 10.2 Å². The van der Waals surface area contributed by atoms with Crippen LogP contribution >= 0.6 is 11.3 Å². The molecule has 1 unspecified atom stereocenters. The Morgan fingerprint density at radius 1 is 0.944 bits per heavy atom. The lowest BCUT2D eigenvalue weighted by atomic mass is 9.98. The maximum Gasteiger partial charge on any atom is 0.297 e. The number of aromatic nitrogens is 2. The molecule has 3 heterocycles. The molecule has 1 amide bonds. The molecular weight excluding hydrogens is 474 g/mol. The Morgan fingerprint density at radius 2 is 1.69 bits per heavy atom. The van der Waals surface area contributed by atoms with E-state index in [4.69, 9.17) is 9.15 Å². The first kappa shape index (κ1) is 22.2. The van der Waals surface area contributed by atoms with Crippen molar-refractivity contribution >= 4 is 33.3 Å². The van der Waals surface area contributed by atoms with Crippen LogP contribution in [0.25, 0.3) is 11.0 Å². The maximum atomic E-state index is 13.6. The Hall–Kier alpha value is -4.30. The molecule has 1 aliphatic heterocycles. The summed E-state index contributed by atoms with van der Waals surface area (Å²) in [5.41, 5.74) is 2.29. The molecule has 3 aromatic carbocycles. The van der Waals surface area contributed by atoms with E-state index in [1.165, 1.54) is 16.2 Å². The third-order valence-corrected chi connectivity index (χ3v) is 7.25. The molecule has 8 heteroatoms. The molecule has 0 fully saturated rings. The predicted molar refractivity (Wildman–Crippen MR) is 138 cm³/mol. The summed E-state index contributed by atoms with van der Waals surface area (Å²) in [7, 11) is 0. The van der Waals surface area contributed by atoms with Gasteiger partial charge in [-0.1, -0.05) is 72.9 Å². The van der Waals surface area contributed by atoms with E-state index >= 15 is 0 Å². The predicted octanol–water partition coefficient (Wildman–Crippen LogP) is 5.54. The Morgan fingerprint density at radius 3 is 2.44 bits per heavy atom. The highest BCUT2D eigenvalue weighted by atomic mass is 32.1. The summed E-state index contributed by atoms with van der Waals surface area (Å²) in [4.78, 5) is 28.7. The van der Waals surface area contributed by atoms with Crippen molar-refractivity contribution in [2.45, 2.75) is 26.0 Å². The van der Waals surface area contributed by atoms with Gasteiger partial charge in [0.05, 0.1) is 17.0 Å². The summed E-state index contributed by atoms with van der Waals surface area (Å²) in [6.45, 7) is 2.42. The molecule has 2 aromatic heterocycles. The number of fused-ring (bicyclic) bond motifs is 2. The number of hydrogen-bond acceptors (Lipinski definition) is 7. The number of carbonyl (C=O) groups is 1. The van der Waals surface area contributed by atoms with Crippen molar-refractivity contribution in [3.63, 3.8) is 0 Å². The van der Waals surface area contributed by atoms with Crippen LogP contribution < -0.4 is 15.1 Å². The van der Waals surface area contributed by atoms with Crippen LogP contribution in [0.2, 0.25) is 0 Å². The van der Waals surface area contributed by atoms with Crippen LogP contribution in [0.4, 0.5) is 5.13 Å². The van der Waals surface area contributed by atoms with Crippen molar-refractivity contribution in [3.8, 4) is 5.75 Å². The molecule has 0 radical (unpaired) electrons. The zero-order valence-corrected chi connectivity index (χ0v) is 20.2. The molecule has 7 nitrogen and oxygen atoms in total. The molecule has 0 aliphatic carbocycles. The van der Waals surface area contributed by atoms with Gasteiger partial charge in [-0.3, -0.25) is 14.5 Å². The molecule has 1 aliphatic rings. The molecule has 36 heavy (non-hydrogen) atoms. The highest BCUT2D eigenvalue weighted by Gasteiger charge is 2.45. The quantitative estimate of drug-likeness (QED) is 0.308. The number of anilines is 1. The fourth-order valence-electron chi connectivity index (χ4n) is 4.40. The van der Waals surface area contributed by atoms with Gasteiger partial charge in [0.1, 0.15) is 22.9 Å². The van der Waals surface area contributed by atoms with Crippen LogP contribution in [0.15, 0.2) is 88.1 Å². The number of hydrogen-bond donors (Lipinski definition) is 0. The lowest BCUT2D eigenvalue weighted by Gasteiger charge is -2.22. The summed E-state index contributed by atoms with van der Waals surface area (Å²) >= 11 is 1.34. The van der Waals surface area contributed by atoms with Crippen molar-refractivity contribution in [2.75, 3.05) is 4.90 Å². The van der Waals surface area contributed by atoms with Crippen LogP contribution in [0, 0.1) is 0 Å². The molecule has 0 saturated carbocycles. The number of amides is 1. The number of nitrogens with zero attached hydrogens (tertiary/aromatic N) is 3. The number of carbonyl (C=O) groups excluding carboxylic acids is 1. The van der Waals surface area contributed by atoms with Crippen LogP contribution in [0.5, 0.6) is 5.75 Å². The lowest BCUT2D eigenvalue weighted by Crippen LogP contribution is -2.29. The number of benzene rings is 3. The van der Waals surface area contributed by atoms with E-state index in [-0.39, 0.29) is 11.2 Å². The Kier molecular flexibility index (Phi) is 5.58. The molecule has 178 valence electrons. The second kappa shape index (κ2) is 9.05. The first-order chi connectivity index (χ1) is 17.6. The second-order valence-electron chi connectivity index (χ2n) is 8.42. The van der Waals surface area contributed by atoms with E-state index in [1.54, 1.807) is 24.3 Å². The van der Waals surface area contributed by atoms with Gasteiger partial charge in [-0.25, -0.2) is 0 Å². The highest BCUT2D eigenvalue weighted by molar-refractivity contribution is 7.15. The van der Waals surface area contributed by atoms with Crippen LogP contribution in [0.1, 0.15) is 45.2 Å². The number of ether oxygens (including phenoxy) is 1. The topological polar surface area (TPSA) is 85.5 Å². The van der Waals surface area contributed by atoms with Gasteiger partial charge in [0, 0.05) is 0 Å². The van der Waals surface area contributed by atoms with Crippen LogP contribution in [0.3, 0.4) is 0 Å². The molecule has 1 atom stereocenters. The van der Waals surface area contributed by atoms with Gasteiger partial charge in [0.25, 0.3) is 5.91 Å². The lowest BCUT2D eigenvalue weighted by molar-refractivity contribution is 0.0970. The number of para-hydroxylation sites is 1. The molecule has 0 spiro atoms. The van der Waals surface area contributed by atoms with E-state index in [9.17, 15) is 9.59 Å².